The first-order valence-electron chi connectivity index (χ1n) is 8.15. The molecule has 1 aliphatic heterocycles. The summed E-state index contributed by atoms with van der Waals surface area (Å²) in [6, 6.07) is 11.9. The lowest BCUT2D eigenvalue weighted by atomic mass is 10.1. The van der Waals surface area contributed by atoms with Crippen molar-refractivity contribution in [2.75, 3.05) is 19.8 Å². The lowest BCUT2D eigenvalue weighted by Gasteiger charge is -2.08. The highest BCUT2D eigenvalue weighted by molar-refractivity contribution is 6.30. The topological polar surface area (TPSA) is 61.8 Å². The van der Waals surface area contributed by atoms with Crippen molar-refractivity contribution in [1.29, 1.82) is 0 Å². The maximum atomic E-state index is 12.2. The van der Waals surface area contributed by atoms with E-state index in [9.17, 15) is 9.59 Å². The Bertz CT molecular complexity index is 827. The third kappa shape index (κ3) is 4.86. The van der Waals surface area contributed by atoms with Gasteiger partial charge in [0.1, 0.15) is 0 Å². The molecule has 0 amide bonds. The first kappa shape index (κ1) is 18.0. The lowest BCUT2D eigenvalue weighted by molar-refractivity contribution is -0.136. The van der Waals surface area contributed by atoms with Crippen molar-refractivity contribution >= 4 is 29.4 Å². The predicted molar refractivity (Wildman–Crippen MR) is 97.8 cm³/mol. The van der Waals surface area contributed by atoms with E-state index in [2.05, 4.69) is 0 Å². The van der Waals surface area contributed by atoms with Crippen LogP contribution in [0.2, 0.25) is 5.02 Å². The number of fused-ring (bicyclic) bond motifs is 1. The molecular weight excluding hydrogens is 356 g/mol. The van der Waals surface area contributed by atoms with Gasteiger partial charge in [-0.2, -0.15) is 0 Å². The van der Waals surface area contributed by atoms with Crippen LogP contribution in [-0.4, -0.2) is 31.6 Å². The summed E-state index contributed by atoms with van der Waals surface area (Å²) in [6.07, 6.45) is 3.65. The van der Waals surface area contributed by atoms with E-state index in [1.165, 1.54) is 6.08 Å². The molecule has 0 bridgehead atoms. The second kappa shape index (κ2) is 8.54. The maximum absolute atomic E-state index is 12.2. The van der Waals surface area contributed by atoms with E-state index in [4.69, 9.17) is 25.8 Å². The van der Waals surface area contributed by atoms with Gasteiger partial charge in [0.25, 0.3) is 0 Å². The molecule has 1 aliphatic rings. The fourth-order valence-corrected chi connectivity index (χ4v) is 2.47. The molecule has 2 aromatic rings. The van der Waals surface area contributed by atoms with Gasteiger partial charge >= 0.3 is 5.97 Å². The van der Waals surface area contributed by atoms with E-state index in [-0.39, 0.29) is 12.4 Å². The summed E-state index contributed by atoms with van der Waals surface area (Å²) in [6.45, 7) is 0.774. The third-order valence-electron chi connectivity index (χ3n) is 3.70. The van der Waals surface area contributed by atoms with Gasteiger partial charge in [-0.3, -0.25) is 4.79 Å². The number of ether oxygens (including phenoxy) is 3. The number of benzene rings is 2. The SMILES string of the molecule is O=C(/C=C/c1ccc(Cl)cc1)OCC(=O)c1ccc2c(c1)OCCCO2. The molecule has 0 atom stereocenters. The van der Waals surface area contributed by atoms with Gasteiger partial charge in [0, 0.05) is 23.1 Å². The molecule has 0 aliphatic carbocycles. The summed E-state index contributed by atoms with van der Waals surface area (Å²) in [5.74, 6) is 0.237. The molecule has 0 unspecified atom stereocenters. The van der Waals surface area contributed by atoms with Crippen molar-refractivity contribution in [1.82, 2.24) is 0 Å². The monoisotopic (exact) mass is 372 g/mol. The van der Waals surface area contributed by atoms with Crippen LogP contribution >= 0.6 is 11.6 Å². The standard InChI is InChI=1S/C20H17ClO5/c21-16-6-2-14(3-7-16)4-9-20(23)26-13-17(22)15-5-8-18-19(12-15)25-11-1-10-24-18/h2-9,12H,1,10-11,13H2/b9-4+. The third-order valence-corrected chi connectivity index (χ3v) is 3.95. The molecule has 0 saturated carbocycles. The van der Waals surface area contributed by atoms with Gasteiger partial charge in [-0.1, -0.05) is 23.7 Å². The summed E-state index contributed by atoms with van der Waals surface area (Å²) < 4.78 is 16.1. The number of hydrogen-bond acceptors (Lipinski definition) is 5. The van der Waals surface area contributed by atoms with Crippen molar-refractivity contribution in [3.63, 3.8) is 0 Å². The lowest BCUT2D eigenvalue weighted by Crippen LogP contribution is -2.12. The predicted octanol–water partition coefficient (Wildman–Crippen LogP) is 3.94. The summed E-state index contributed by atoms with van der Waals surface area (Å²) in [7, 11) is 0. The molecule has 0 spiro atoms. The zero-order chi connectivity index (χ0) is 18.4. The van der Waals surface area contributed by atoms with Crippen LogP contribution in [0.25, 0.3) is 6.08 Å². The quantitative estimate of drug-likeness (QED) is 0.452. The second-order valence-electron chi connectivity index (χ2n) is 5.63. The normalized spacial score (nSPS) is 13.3. The Hall–Kier alpha value is -2.79. The molecule has 0 radical (unpaired) electrons. The van der Waals surface area contributed by atoms with Gasteiger partial charge in [-0.05, 0) is 42.0 Å². The number of carbonyl (C=O) groups excluding carboxylic acids is 2. The molecule has 3 rings (SSSR count). The van der Waals surface area contributed by atoms with Crippen molar-refractivity contribution < 1.29 is 23.8 Å². The zero-order valence-corrected chi connectivity index (χ0v) is 14.7. The van der Waals surface area contributed by atoms with Gasteiger partial charge in [0.15, 0.2) is 23.9 Å². The van der Waals surface area contributed by atoms with E-state index < -0.39 is 5.97 Å². The van der Waals surface area contributed by atoms with E-state index in [1.54, 1.807) is 48.5 Å². The van der Waals surface area contributed by atoms with Crippen molar-refractivity contribution in [3.05, 3.63) is 64.7 Å². The van der Waals surface area contributed by atoms with E-state index >= 15 is 0 Å². The fraction of sp³-hybridized carbons (Fsp3) is 0.200. The zero-order valence-electron chi connectivity index (χ0n) is 13.9. The van der Waals surface area contributed by atoms with Crippen LogP contribution in [0.1, 0.15) is 22.3 Å². The maximum Gasteiger partial charge on any atom is 0.331 e. The Balaban J connectivity index is 1.55. The summed E-state index contributed by atoms with van der Waals surface area (Å²) >= 11 is 5.80. The molecule has 1 heterocycles. The van der Waals surface area contributed by atoms with E-state index in [0.29, 0.717) is 35.3 Å². The van der Waals surface area contributed by atoms with Gasteiger partial charge in [-0.15, -0.1) is 0 Å². The van der Waals surface area contributed by atoms with Gasteiger partial charge in [0.05, 0.1) is 13.2 Å². The van der Waals surface area contributed by atoms with Crippen LogP contribution in [0.15, 0.2) is 48.5 Å². The Morgan fingerprint density at radius 2 is 1.77 bits per heavy atom. The Labute approximate surface area is 156 Å². The van der Waals surface area contributed by atoms with Crippen LogP contribution in [0.5, 0.6) is 11.5 Å². The second-order valence-corrected chi connectivity index (χ2v) is 6.06. The molecule has 0 saturated heterocycles. The van der Waals surface area contributed by atoms with Crippen molar-refractivity contribution in [3.8, 4) is 11.5 Å². The first-order valence-corrected chi connectivity index (χ1v) is 8.53. The summed E-state index contributed by atoms with van der Waals surface area (Å²) in [5, 5.41) is 0.616. The highest BCUT2D eigenvalue weighted by Crippen LogP contribution is 2.30. The van der Waals surface area contributed by atoms with Gasteiger partial charge < -0.3 is 14.2 Å². The largest absolute Gasteiger partial charge is 0.490 e. The highest BCUT2D eigenvalue weighted by atomic mass is 35.5. The van der Waals surface area contributed by atoms with E-state index in [0.717, 1.165) is 12.0 Å². The molecule has 134 valence electrons. The molecule has 0 fully saturated rings. The Morgan fingerprint density at radius 3 is 2.54 bits per heavy atom. The number of hydrogen-bond donors (Lipinski definition) is 0. The average Bonchev–Trinajstić information content (AvgIpc) is 2.90. The number of carbonyl (C=O) groups is 2. The number of rotatable bonds is 5. The Kier molecular flexibility index (Phi) is 5.92. The average molecular weight is 373 g/mol. The number of halogens is 1. The molecule has 6 heteroatoms. The minimum absolute atomic E-state index is 0.311. The van der Waals surface area contributed by atoms with Gasteiger partial charge in [-0.25, -0.2) is 4.79 Å². The van der Waals surface area contributed by atoms with Crippen LogP contribution in [-0.2, 0) is 9.53 Å². The molecule has 0 aromatic heterocycles. The highest BCUT2D eigenvalue weighted by Gasteiger charge is 2.15. The van der Waals surface area contributed by atoms with E-state index in [1.807, 2.05) is 0 Å². The number of ketones is 1. The summed E-state index contributed by atoms with van der Waals surface area (Å²) in [4.78, 5) is 24.0. The van der Waals surface area contributed by atoms with Crippen molar-refractivity contribution in [2.24, 2.45) is 0 Å². The smallest absolute Gasteiger partial charge is 0.331 e. The summed E-state index contributed by atoms with van der Waals surface area (Å²) in [5.41, 5.74) is 1.21. The minimum Gasteiger partial charge on any atom is -0.490 e. The van der Waals surface area contributed by atoms with Crippen LogP contribution in [0.4, 0.5) is 0 Å². The first-order chi connectivity index (χ1) is 12.6. The molecule has 5 nitrogen and oxygen atoms in total. The molecule has 26 heavy (non-hydrogen) atoms. The van der Waals surface area contributed by atoms with Crippen LogP contribution in [0.3, 0.4) is 0 Å². The van der Waals surface area contributed by atoms with Gasteiger partial charge in [0.2, 0.25) is 0 Å². The number of esters is 1. The fourth-order valence-electron chi connectivity index (χ4n) is 2.34. The number of Topliss-reactive ketones (excluding diaryl/α,β-unsaturated/α-hetero) is 1. The molecule has 0 N–H and O–H groups in total. The molecule has 2 aromatic carbocycles. The van der Waals surface area contributed by atoms with Crippen LogP contribution < -0.4 is 9.47 Å². The minimum atomic E-state index is -0.595. The molecular formula is C20H17ClO5. The Morgan fingerprint density at radius 1 is 1.04 bits per heavy atom. The van der Waals surface area contributed by atoms with Crippen LogP contribution in [0, 0.1) is 0 Å². The van der Waals surface area contributed by atoms with Crippen molar-refractivity contribution in [2.45, 2.75) is 6.42 Å².